The SMILES string of the molecule is O=C(NCc1ccccc1Br)N(CCO)CCO. The quantitative estimate of drug-likeness (QED) is 0.731. The predicted molar refractivity (Wildman–Crippen MR) is 72.1 cm³/mol. The Balaban J connectivity index is 2.51. The van der Waals surface area contributed by atoms with Crippen molar-refractivity contribution < 1.29 is 15.0 Å². The highest BCUT2D eigenvalue weighted by Gasteiger charge is 2.11. The van der Waals surface area contributed by atoms with Gasteiger partial charge in [0.05, 0.1) is 13.2 Å². The number of hydrogen-bond donors (Lipinski definition) is 3. The van der Waals surface area contributed by atoms with Crippen molar-refractivity contribution in [2.45, 2.75) is 6.54 Å². The highest BCUT2D eigenvalue weighted by atomic mass is 79.9. The maximum absolute atomic E-state index is 11.8. The minimum atomic E-state index is -0.297. The fourth-order valence-electron chi connectivity index (χ4n) is 1.48. The van der Waals surface area contributed by atoms with Gasteiger partial charge in [-0.3, -0.25) is 0 Å². The minimum Gasteiger partial charge on any atom is -0.395 e. The van der Waals surface area contributed by atoms with Crippen LogP contribution in [-0.2, 0) is 6.54 Å². The maximum atomic E-state index is 11.8. The van der Waals surface area contributed by atoms with Gasteiger partial charge in [-0.25, -0.2) is 4.79 Å². The summed E-state index contributed by atoms with van der Waals surface area (Å²) in [7, 11) is 0. The molecule has 0 fully saturated rings. The van der Waals surface area contributed by atoms with Crippen LogP contribution in [-0.4, -0.2) is 47.4 Å². The van der Waals surface area contributed by atoms with Crippen molar-refractivity contribution in [3.63, 3.8) is 0 Å². The van der Waals surface area contributed by atoms with E-state index in [4.69, 9.17) is 10.2 Å². The smallest absolute Gasteiger partial charge is 0.317 e. The standard InChI is InChI=1S/C12H17BrN2O3/c13-11-4-2-1-3-10(11)9-14-12(18)15(5-7-16)6-8-17/h1-4,16-17H,5-9H2,(H,14,18). The summed E-state index contributed by atoms with van der Waals surface area (Å²) in [6.07, 6.45) is 0. The van der Waals surface area contributed by atoms with Gasteiger partial charge in [0.15, 0.2) is 0 Å². The number of benzene rings is 1. The molecule has 6 heteroatoms. The molecule has 0 bridgehead atoms. The highest BCUT2D eigenvalue weighted by Crippen LogP contribution is 2.15. The van der Waals surface area contributed by atoms with Crippen molar-refractivity contribution in [2.24, 2.45) is 0 Å². The van der Waals surface area contributed by atoms with Crippen LogP contribution in [0.1, 0.15) is 5.56 Å². The van der Waals surface area contributed by atoms with Crippen LogP contribution in [0.5, 0.6) is 0 Å². The highest BCUT2D eigenvalue weighted by molar-refractivity contribution is 9.10. The van der Waals surface area contributed by atoms with E-state index >= 15 is 0 Å². The number of amides is 2. The van der Waals surface area contributed by atoms with Crippen LogP contribution >= 0.6 is 15.9 Å². The lowest BCUT2D eigenvalue weighted by Crippen LogP contribution is -2.42. The summed E-state index contributed by atoms with van der Waals surface area (Å²) in [6, 6.07) is 7.31. The number of carbonyl (C=O) groups is 1. The number of nitrogens with zero attached hydrogens (tertiary/aromatic N) is 1. The number of carbonyl (C=O) groups excluding carboxylic acids is 1. The molecule has 0 spiro atoms. The normalized spacial score (nSPS) is 10.2. The van der Waals surface area contributed by atoms with Gasteiger partial charge in [0.25, 0.3) is 0 Å². The summed E-state index contributed by atoms with van der Waals surface area (Å²) in [4.78, 5) is 13.2. The summed E-state index contributed by atoms with van der Waals surface area (Å²) < 4.78 is 0.932. The molecule has 0 aliphatic carbocycles. The molecular formula is C12H17BrN2O3. The van der Waals surface area contributed by atoms with E-state index in [9.17, 15) is 4.79 Å². The summed E-state index contributed by atoms with van der Waals surface area (Å²) >= 11 is 3.40. The molecular weight excluding hydrogens is 300 g/mol. The van der Waals surface area contributed by atoms with E-state index in [2.05, 4.69) is 21.2 Å². The number of aliphatic hydroxyl groups is 2. The molecule has 18 heavy (non-hydrogen) atoms. The number of halogens is 1. The number of rotatable bonds is 6. The second-order valence-electron chi connectivity index (χ2n) is 3.68. The molecule has 0 saturated carbocycles. The lowest BCUT2D eigenvalue weighted by molar-refractivity contribution is 0.158. The summed E-state index contributed by atoms with van der Waals surface area (Å²) in [5.74, 6) is 0. The molecule has 0 heterocycles. The Hall–Kier alpha value is -1.11. The van der Waals surface area contributed by atoms with E-state index in [1.165, 1.54) is 4.90 Å². The first-order chi connectivity index (χ1) is 8.69. The lowest BCUT2D eigenvalue weighted by atomic mass is 10.2. The zero-order chi connectivity index (χ0) is 13.4. The molecule has 1 aromatic carbocycles. The van der Waals surface area contributed by atoms with E-state index in [1.807, 2.05) is 24.3 Å². The van der Waals surface area contributed by atoms with Crippen LogP contribution in [0.15, 0.2) is 28.7 Å². The maximum Gasteiger partial charge on any atom is 0.317 e. The first kappa shape index (κ1) is 14.9. The Morgan fingerprint density at radius 1 is 1.22 bits per heavy atom. The minimum absolute atomic E-state index is 0.123. The zero-order valence-electron chi connectivity index (χ0n) is 9.97. The molecule has 100 valence electrons. The topological polar surface area (TPSA) is 72.8 Å². The Morgan fingerprint density at radius 3 is 2.39 bits per heavy atom. The lowest BCUT2D eigenvalue weighted by Gasteiger charge is -2.21. The van der Waals surface area contributed by atoms with Crippen LogP contribution in [0.4, 0.5) is 4.79 Å². The van der Waals surface area contributed by atoms with Gasteiger partial charge in [0.1, 0.15) is 0 Å². The molecule has 3 N–H and O–H groups in total. The fourth-order valence-corrected chi connectivity index (χ4v) is 1.91. The van der Waals surface area contributed by atoms with Crippen LogP contribution in [0.3, 0.4) is 0 Å². The van der Waals surface area contributed by atoms with Gasteiger partial charge in [0, 0.05) is 24.1 Å². The van der Waals surface area contributed by atoms with Crippen molar-refractivity contribution in [1.29, 1.82) is 0 Å². The third kappa shape index (κ3) is 4.64. The average Bonchev–Trinajstić information content (AvgIpc) is 2.37. The van der Waals surface area contributed by atoms with Crippen molar-refractivity contribution in [3.05, 3.63) is 34.3 Å². The molecule has 1 rings (SSSR count). The van der Waals surface area contributed by atoms with Crippen LogP contribution < -0.4 is 5.32 Å². The largest absolute Gasteiger partial charge is 0.395 e. The summed E-state index contributed by atoms with van der Waals surface area (Å²) in [5, 5.41) is 20.4. The Bertz CT molecular complexity index is 381. The van der Waals surface area contributed by atoms with Gasteiger partial charge < -0.3 is 20.4 Å². The van der Waals surface area contributed by atoms with E-state index in [-0.39, 0.29) is 32.3 Å². The number of nitrogens with one attached hydrogen (secondary N) is 1. The summed E-state index contributed by atoms with van der Waals surface area (Å²) in [5.41, 5.74) is 0.971. The van der Waals surface area contributed by atoms with Crippen LogP contribution in [0, 0.1) is 0 Å². The van der Waals surface area contributed by atoms with Crippen molar-refractivity contribution in [3.8, 4) is 0 Å². The average molecular weight is 317 g/mol. The Morgan fingerprint density at radius 2 is 1.83 bits per heavy atom. The molecule has 1 aromatic rings. The van der Waals surface area contributed by atoms with Crippen molar-refractivity contribution in [1.82, 2.24) is 10.2 Å². The van der Waals surface area contributed by atoms with Gasteiger partial charge >= 0.3 is 6.03 Å². The van der Waals surface area contributed by atoms with Gasteiger partial charge in [-0.15, -0.1) is 0 Å². The van der Waals surface area contributed by atoms with Gasteiger partial charge in [-0.05, 0) is 11.6 Å². The third-order valence-electron chi connectivity index (χ3n) is 2.41. The van der Waals surface area contributed by atoms with Gasteiger partial charge in [0.2, 0.25) is 0 Å². The Kier molecular flexibility index (Phi) is 6.70. The Labute approximate surface area is 115 Å². The van der Waals surface area contributed by atoms with Crippen molar-refractivity contribution >= 4 is 22.0 Å². The van der Waals surface area contributed by atoms with Gasteiger partial charge in [-0.2, -0.15) is 0 Å². The van der Waals surface area contributed by atoms with E-state index in [1.54, 1.807) is 0 Å². The third-order valence-corrected chi connectivity index (χ3v) is 3.19. The van der Waals surface area contributed by atoms with Gasteiger partial charge in [-0.1, -0.05) is 34.1 Å². The predicted octanol–water partition coefficient (Wildman–Crippen LogP) is 0.945. The first-order valence-electron chi connectivity index (χ1n) is 5.67. The molecule has 2 amide bonds. The molecule has 0 atom stereocenters. The number of hydrogen-bond acceptors (Lipinski definition) is 3. The fraction of sp³-hybridized carbons (Fsp3) is 0.417. The van der Waals surface area contributed by atoms with Crippen molar-refractivity contribution in [2.75, 3.05) is 26.3 Å². The van der Waals surface area contributed by atoms with Crippen LogP contribution in [0.25, 0.3) is 0 Å². The molecule has 0 aromatic heterocycles. The van der Waals surface area contributed by atoms with E-state index in [0.29, 0.717) is 6.54 Å². The molecule has 0 aliphatic rings. The van der Waals surface area contributed by atoms with E-state index < -0.39 is 0 Å². The molecule has 5 nitrogen and oxygen atoms in total. The molecule has 0 radical (unpaired) electrons. The number of urea groups is 1. The molecule has 0 aliphatic heterocycles. The second kappa shape index (κ2) is 8.07. The second-order valence-corrected chi connectivity index (χ2v) is 4.54. The monoisotopic (exact) mass is 316 g/mol. The number of aliphatic hydroxyl groups excluding tert-OH is 2. The molecule has 0 saturated heterocycles. The molecule has 0 unspecified atom stereocenters. The zero-order valence-corrected chi connectivity index (χ0v) is 11.6. The van der Waals surface area contributed by atoms with Crippen LogP contribution in [0.2, 0.25) is 0 Å². The first-order valence-corrected chi connectivity index (χ1v) is 6.46. The summed E-state index contributed by atoms with van der Waals surface area (Å²) in [6.45, 7) is 0.573. The van der Waals surface area contributed by atoms with E-state index in [0.717, 1.165) is 10.0 Å².